The van der Waals surface area contributed by atoms with Crippen LogP contribution >= 0.6 is 0 Å². The van der Waals surface area contributed by atoms with E-state index in [0.29, 0.717) is 33.7 Å². The smallest absolute Gasteiger partial charge is 0.231 e. The molecule has 2 aliphatic heterocycles. The lowest BCUT2D eigenvalue weighted by Gasteiger charge is -2.43. The minimum Gasteiger partial charge on any atom is -0.492 e. The molecule has 0 saturated heterocycles. The molecule has 0 spiro atoms. The van der Waals surface area contributed by atoms with Gasteiger partial charge in [-0.1, -0.05) is 0 Å². The Morgan fingerprint density at radius 1 is 1.26 bits per heavy atom. The Balaban J connectivity index is 1.79. The molecule has 6 nitrogen and oxygen atoms in total. The zero-order valence-electron chi connectivity index (χ0n) is 16.5. The number of ether oxygens (including phenoxy) is 3. The monoisotopic (exact) mass is 372 g/mol. The van der Waals surface area contributed by atoms with Gasteiger partial charge in [-0.3, -0.25) is 4.79 Å². The van der Waals surface area contributed by atoms with Crippen LogP contribution in [0.5, 0.6) is 17.2 Å². The molecular formula is C21H26NO5+. The van der Waals surface area contributed by atoms with Gasteiger partial charge in [0.2, 0.25) is 12.5 Å². The summed E-state index contributed by atoms with van der Waals surface area (Å²) in [6.45, 7) is 4.85. The summed E-state index contributed by atoms with van der Waals surface area (Å²) in [7, 11) is 5.98. The lowest BCUT2D eigenvalue weighted by molar-refractivity contribution is -0.922. The van der Waals surface area contributed by atoms with E-state index in [1.165, 1.54) is 5.56 Å². The lowest BCUT2D eigenvalue weighted by atomic mass is 9.86. The number of furan rings is 1. The van der Waals surface area contributed by atoms with Crippen LogP contribution in [0.3, 0.4) is 0 Å². The third kappa shape index (κ3) is 2.88. The number of nitrogens with zero attached hydrogens (tertiary/aromatic N) is 1. The number of benzene rings is 1. The van der Waals surface area contributed by atoms with E-state index >= 15 is 0 Å². The van der Waals surface area contributed by atoms with E-state index in [9.17, 15) is 4.79 Å². The molecule has 1 aromatic carbocycles. The Hall–Kier alpha value is -2.47. The molecule has 27 heavy (non-hydrogen) atoms. The van der Waals surface area contributed by atoms with Crippen molar-refractivity contribution in [3.8, 4) is 17.2 Å². The fourth-order valence-corrected chi connectivity index (χ4v) is 4.31. The molecule has 1 aromatic heterocycles. The fourth-order valence-electron chi connectivity index (χ4n) is 4.31. The molecule has 0 radical (unpaired) electrons. The Labute approximate surface area is 159 Å². The van der Waals surface area contributed by atoms with E-state index in [1.54, 1.807) is 7.11 Å². The summed E-state index contributed by atoms with van der Waals surface area (Å²) in [5, 5.41) is 0. The molecule has 0 bridgehead atoms. The zero-order valence-corrected chi connectivity index (χ0v) is 16.5. The first-order valence-corrected chi connectivity index (χ1v) is 9.24. The molecule has 2 aliphatic rings. The number of Topliss-reactive ketones (excluding diaryl/α,β-unsaturated/α-hetero) is 1. The second kappa shape index (κ2) is 6.30. The van der Waals surface area contributed by atoms with Crippen LogP contribution < -0.4 is 14.2 Å². The Bertz CT molecular complexity index is 912. The van der Waals surface area contributed by atoms with Gasteiger partial charge in [-0.25, -0.2) is 0 Å². The summed E-state index contributed by atoms with van der Waals surface area (Å²) in [6, 6.07) is 3.85. The Morgan fingerprint density at radius 2 is 2.04 bits per heavy atom. The number of fused-ring (bicyclic) bond motifs is 2. The number of quaternary nitrogens is 1. The van der Waals surface area contributed by atoms with Crippen molar-refractivity contribution in [1.29, 1.82) is 0 Å². The zero-order chi connectivity index (χ0) is 19.3. The normalized spacial score (nSPS) is 19.7. The minimum atomic E-state index is -0.0275. The van der Waals surface area contributed by atoms with E-state index in [-0.39, 0.29) is 18.6 Å². The number of hydrogen-bond acceptors (Lipinski definition) is 5. The first kappa shape index (κ1) is 17.9. The van der Waals surface area contributed by atoms with Crippen molar-refractivity contribution in [2.45, 2.75) is 32.7 Å². The van der Waals surface area contributed by atoms with Crippen LogP contribution in [0.4, 0.5) is 0 Å². The van der Waals surface area contributed by atoms with Crippen molar-refractivity contribution in [2.24, 2.45) is 0 Å². The Kier molecular flexibility index (Phi) is 4.18. The minimum absolute atomic E-state index is 0.0275. The van der Waals surface area contributed by atoms with Gasteiger partial charge in [0, 0.05) is 6.42 Å². The molecule has 0 saturated carbocycles. The van der Waals surface area contributed by atoms with Gasteiger partial charge in [-0.05, 0) is 31.5 Å². The number of carbonyl (C=O) groups excluding carboxylic acids is 1. The van der Waals surface area contributed by atoms with Crippen molar-refractivity contribution in [3.05, 3.63) is 40.3 Å². The van der Waals surface area contributed by atoms with Crippen LogP contribution in [0, 0.1) is 13.8 Å². The molecule has 0 unspecified atom stereocenters. The van der Waals surface area contributed by atoms with Gasteiger partial charge in [0.05, 0.1) is 45.3 Å². The maximum absolute atomic E-state index is 13.1. The molecule has 144 valence electrons. The molecule has 0 amide bonds. The van der Waals surface area contributed by atoms with Crippen LogP contribution in [0.1, 0.15) is 45.5 Å². The van der Waals surface area contributed by atoms with Crippen molar-refractivity contribution >= 4 is 5.78 Å². The topological polar surface area (TPSA) is 57.9 Å². The summed E-state index contributed by atoms with van der Waals surface area (Å²) < 4.78 is 23.3. The van der Waals surface area contributed by atoms with Gasteiger partial charge >= 0.3 is 0 Å². The standard InChI is InChI=1S/C21H26NO5/c1-12-8-15(13(2)27-12)17(23)10-16-19-14(6-7-22(16,3)4)9-18-20(21(19)24-5)26-11-25-18/h8-9,16H,6-7,10-11H2,1-5H3/q+1/t16-/m1/s1. The first-order chi connectivity index (χ1) is 12.8. The molecule has 1 atom stereocenters. The van der Waals surface area contributed by atoms with Gasteiger partial charge in [0.25, 0.3) is 0 Å². The summed E-state index contributed by atoms with van der Waals surface area (Å²) >= 11 is 0. The molecule has 4 rings (SSSR count). The highest BCUT2D eigenvalue weighted by atomic mass is 16.7. The SMILES string of the molecule is COc1c2c(cc3c1[C@@H](CC(=O)c1cc(C)oc1C)[N+](C)(C)CC3)OCO2. The first-order valence-electron chi connectivity index (χ1n) is 9.24. The van der Waals surface area contributed by atoms with E-state index in [4.69, 9.17) is 18.6 Å². The maximum Gasteiger partial charge on any atom is 0.231 e. The highest BCUT2D eigenvalue weighted by Crippen LogP contribution is 2.51. The second-order valence-electron chi connectivity index (χ2n) is 7.94. The van der Waals surface area contributed by atoms with Crippen LogP contribution in [0.2, 0.25) is 0 Å². The highest BCUT2D eigenvalue weighted by molar-refractivity contribution is 5.97. The predicted octanol–water partition coefficient (Wildman–Crippen LogP) is 3.58. The molecule has 0 fully saturated rings. The highest BCUT2D eigenvalue weighted by Gasteiger charge is 2.42. The van der Waals surface area contributed by atoms with E-state index in [1.807, 2.05) is 26.0 Å². The average molecular weight is 372 g/mol. The number of ketones is 1. The van der Waals surface area contributed by atoms with Crippen molar-refractivity contribution in [2.75, 3.05) is 34.5 Å². The largest absolute Gasteiger partial charge is 0.492 e. The van der Waals surface area contributed by atoms with Crippen LogP contribution in [0.15, 0.2) is 16.5 Å². The molecule has 6 heteroatoms. The molecule has 3 heterocycles. The van der Waals surface area contributed by atoms with Gasteiger partial charge in [-0.15, -0.1) is 0 Å². The third-order valence-electron chi connectivity index (χ3n) is 5.80. The summed E-state index contributed by atoms with van der Waals surface area (Å²) in [5.41, 5.74) is 2.90. The number of hydrogen-bond donors (Lipinski definition) is 0. The fraction of sp³-hybridized carbons (Fsp3) is 0.476. The number of methoxy groups -OCH3 is 1. The quantitative estimate of drug-likeness (QED) is 0.606. The Morgan fingerprint density at radius 3 is 2.70 bits per heavy atom. The van der Waals surface area contributed by atoms with E-state index in [0.717, 1.165) is 30.0 Å². The van der Waals surface area contributed by atoms with Gasteiger partial charge in [-0.2, -0.15) is 0 Å². The van der Waals surface area contributed by atoms with E-state index < -0.39 is 0 Å². The molecular weight excluding hydrogens is 346 g/mol. The molecule has 0 aliphatic carbocycles. The second-order valence-corrected chi connectivity index (χ2v) is 7.94. The van der Waals surface area contributed by atoms with Crippen LogP contribution in [-0.2, 0) is 6.42 Å². The predicted molar refractivity (Wildman–Crippen MR) is 99.7 cm³/mol. The molecule has 2 aromatic rings. The van der Waals surface area contributed by atoms with Crippen molar-refractivity contribution < 1.29 is 27.9 Å². The van der Waals surface area contributed by atoms with Crippen LogP contribution in [0.25, 0.3) is 0 Å². The van der Waals surface area contributed by atoms with Crippen molar-refractivity contribution in [3.63, 3.8) is 0 Å². The number of carbonyl (C=O) groups is 1. The number of rotatable bonds is 4. The summed E-state index contributed by atoms with van der Waals surface area (Å²) in [6.07, 6.45) is 1.29. The maximum atomic E-state index is 13.1. The van der Waals surface area contributed by atoms with Crippen molar-refractivity contribution in [1.82, 2.24) is 0 Å². The average Bonchev–Trinajstić information content (AvgIpc) is 3.21. The summed E-state index contributed by atoms with van der Waals surface area (Å²) in [5.74, 6) is 3.60. The van der Waals surface area contributed by atoms with Gasteiger partial charge < -0.3 is 23.1 Å². The lowest BCUT2D eigenvalue weighted by Crippen LogP contribution is -2.48. The summed E-state index contributed by atoms with van der Waals surface area (Å²) in [4.78, 5) is 13.1. The number of aryl methyl sites for hydroxylation is 2. The molecule has 0 N–H and O–H groups in total. The third-order valence-corrected chi connectivity index (χ3v) is 5.80. The number of likely N-dealkylation sites (N-methyl/N-ethyl adjacent to an activating group) is 1. The van der Waals surface area contributed by atoms with Gasteiger partial charge in [0.15, 0.2) is 17.3 Å². The van der Waals surface area contributed by atoms with E-state index in [2.05, 4.69) is 14.1 Å². The van der Waals surface area contributed by atoms with Gasteiger partial charge in [0.1, 0.15) is 17.6 Å². The van der Waals surface area contributed by atoms with Crippen LogP contribution in [-0.4, -0.2) is 44.8 Å².